The molecule has 134 valence electrons. The van der Waals surface area contributed by atoms with Gasteiger partial charge in [0.1, 0.15) is 11.4 Å². The zero-order valence-corrected chi connectivity index (χ0v) is 14.1. The van der Waals surface area contributed by atoms with Gasteiger partial charge < -0.3 is 0 Å². The first kappa shape index (κ1) is 17.0. The van der Waals surface area contributed by atoms with Crippen molar-refractivity contribution >= 4 is 29.4 Å². The fraction of sp³-hybridized carbons (Fsp3) is 0.222. The van der Waals surface area contributed by atoms with Crippen molar-refractivity contribution < 1.29 is 22.8 Å². The number of nitrogens with zero attached hydrogens (tertiary/aromatic N) is 2. The lowest BCUT2D eigenvalue weighted by Crippen LogP contribution is -2.33. The number of fused-ring (bicyclic) bond motifs is 1. The van der Waals surface area contributed by atoms with Crippen LogP contribution in [0.4, 0.5) is 23.7 Å². The summed E-state index contributed by atoms with van der Waals surface area (Å²) in [6.07, 6.45) is -4.41. The summed E-state index contributed by atoms with van der Waals surface area (Å²) in [5, 5.41) is -0.479. The molecule has 0 aliphatic carbocycles. The molecule has 0 radical (unpaired) electrons. The smallest absolute Gasteiger partial charge is 0.295 e. The second kappa shape index (κ2) is 6.05. The summed E-state index contributed by atoms with van der Waals surface area (Å²) in [4.78, 5) is 28.1. The first-order valence-electron chi connectivity index (χ1n) is 7.88. The van der Waals surface area contributed by atoms with E-state index in [0.717, 1.165) is 17.0 Å². The number of urea groups is 1. The fourth-order valence-corrected chi connectivity index (χ4v) is 4.61. The van der Waals surface area contributed by atoms with Gasteiger partial charge in [-0.3, -0.25) is 9.69 Å². The number of hydrogen-bond acceptors (Lipinski definition) is 3. The number of carbonyl (C=O) groups is 2. The maximum absolute atomic E-state index is 12.8. The standard InChI is InChI=1S/C18H13F3N2O2S/c19-18(20,21)12-8-6-11(7-9-12)16-23-14(10-26-16)15(24)22(17(23)25)13-4-2-1-3-5-13/h1-9,14,16H,10H2/t14-,16-/m0/s1. The fourth-order valence-electron chi connectivity index (χ4n) is 3.20. The molecule has 0 N–H and O–H groups in total. The molecule has 2 aromatic carbocycles. The van der Waals surface area contributed by atoms with E-state index in [-0.39, 0.29) is 5.91 Å². The summed E-state index contributed by atoms with van der Waals surface area (Å²) in [5.74, 6) is 0.114. The summed E-state index contributed by atoms with van der Waals surface area (Å²) in [6, 6.07) is 12.3. The van der Waals surface area contributed by atoms with Crippen molar-refractivity contribution in [3.63, 3.8) is 0 Å². The number of halogens is 3. The lowest BCUT2D eigenvalue weighted by atomic mass is 10.1. The molecule has 3 amide bonds. The molecule has 8 heteroatoms. The van der Waals surface area contributed by atoms with E-state index in [9.17, 15) is 22.8 Å². The Morgan fingerprint density at radius 1 is 0.962 bits per heavy atom. The summed E-state index contributed by atoms with van der Waals surface area (Å²) in [5.41, 5.74) is 0.324. The van der Waals surface area contributed by atoms with Gasteiger partial charge in [0, 0.05) is 5.75 Å². The zero-order chi connectivity index (χ0) is 18.5. The van der Waals surface area contributed by atoms with E-state index in [0.29, 0.717) is 17.0 Å². The Morgan fingerprint density at radius 2 is 1.62 bits per heavy atom. The van der Waals surface area contributed by atoms with E-state index in [1.165, 1.54) is 28.8 Å². The van der Waals surface area contributed by atoms with Gasteiger partial charge in [0.2, 0.25) is 0 Å². The van der Waals surface area contributed by atoms with Crippen molar-refractivity contribution in [1.82, 2.24) is 4.90 Å². The average Bonchev–Trinajstić information content (AvgIpc) is 3.16. The van der Waals surface area contributed by atoms with E-state index in [1.807, 2.05) is 0 Å². The molecule has 0 bridgehead atoms. The third-order valence-corrected chi connectivity index (χ3v) is 5.78. The molecule has 2 heterocycles. The van der Waals surface area contributed by atoms with Crippen molar-refractivity contribution in [3.8, 4) is 0 Å². The first-order chi connectivity index (χ1) is 12.4. The molecule has 2 aromatic rings. The van der Waals surface area contributed by atoms with Gasteiger partial charge >= 0.3 is 12.2 Å². The SMILES string of the molecule is O=C1[C@@H]2CS[C@@H](c3ccc(C(F)(F)F)cc3)N2C(=O)N1c1ccccc1. The minimum absolute atomic E-state index is 0.303. The number of carbonyl (C=O) groups excluding carboxylic acids is 2. The van der Waals surface area contributed by atoms with Crippen LogP contribution in [-0.2, 0) is 11.0 Å². The van der Waals surface area contributed by atoms with Gasteiger partial charge in [-0.25, -0.2) is 9.69 Å². The molecule has 0 saturated carbocycles. The van der Waals surface area contributed by atoms with E-state index in [4.69, 9.17) is 0 Å². The van der Waals surface area contributed by atoms with Gasteiger partial charge in [-0.15, -0.1) is 11.8 Å². The van der Waals surface area contributed by atoms with Crippen LogP contribution < -0.4 is 4.90 Å². The molecule has 2 saturated heterocycles. The Labute approximate surface area is 151 Å². The van der Waals surface area contributed by atoms with E-state index < -0.39 is 29.2 Å². The van der Waals surface area contributed by atoms with Gasteiger partial charge in [0.05, 0.1) is 11.3 Å². The molecule has 0 unspecified atom stereocenters. The number of amides is 3. The van der Waals surface area contributed by atoms with Crippen molar-refractivity contribution in [2.75, 3.05) is 10.7 Å². The second-order valence-electron chi connectivity index (χ2n) is 6.02. The Hall–Kier alpha value is -2.48. The van der Waals surface area contributed by atoms with Crippen LogP contribution in [-0.4, -0.2) is 28.6 Å². The van der Waals surface area contributed by atoms with Gasteiger partial charge in [0.15, 0.2) is 0 Å². The third kappa shape index (κ3) is 2.65. The second-order valence-corrected chi connectivity index (χ2v) is 7.13. The van der Waals surface area contributed by atoms with Crippen molar-refractivity contribution in [2.45, 2.75) is 17.6 Å². The minimum atomic E-state index is -4.41. The number of benzene rings is 2. The first-order valence-corrected chi connectivity index (χ1v) is 8.93. The number of para-hydroxylation sites is 1. The highest BCUT2D eigenvalue weighted by molar-refractivity contribution is 7.99. The highest BCUT2D eigenvalue weighted by Gasteiger charge is 2.53. The highest BCUT2D eigenvalue weighted by atomic mass is 32.2. The molecule has 2 fully saturated rings. The molecule has 2 aliphatic rings. The molecule has 4 nitrogen and oxygen atoms in total. The molecule has 4 rings (SSSR count). The molecule has 2 atom stereocenters. The molecule has 2 aliphatic heterocycles. The van der Waals surface area contributed by atoms with Gasteiger partial charge in [-0.1, -0.05) is 30.3 Å². The normalized spacial score (nSPS) is 22.9. The van der Waals surface area contributed by atoms with Crippen LogP contribution in [0.15, 0.2) is 54.6 Å². The van der Waals surface area contributed by atoms with Gasteiger partial charge in [0.25, 0.3) is 5.91 Å². The average molecular weight is 378 g/mol. The summed E-state index contributed by atoms with van der Waals surface area (Å²) < 4.78 is 38.2. The largest absolute Gasteiger partial charge is 0.416 e. The molecule has 0 spiro atoms. The lowest BCUT2D eigenvalue weighted by Gasteiger charge is -2.23. The highest BCUT2D eigenvalue weighted by Crippen LogP contribution is 2.46. The predicted octanol–water partition coefficient (Wildman–Crippen LogP) is 4.29. The zero-order valence-electron chi connectivity index (χ0n) is 13.3. The monoisotopic (exact) mass is 378 g/mol. The van der Waals surface area contributed by atoms with Crippen LogP contribution in [0.25, 0.3) is 0 Å². The quantitative estimate of drug-likeness (QED) is 0.732. The van der Waals surface area contributed by atoms with E-state index in [2.05, 4.69) is 0 Å². The Balaban J connectivity index is 1.63. The Morgan fingerprint density at radius 3 is 2.23 bits per heavy atom. The number of thioether (sulfide) groups is 1. The Bertz CT molecular complexity index is 855. The number of anilines is 1. The van der Waals surface area contributed by atoms with Crippen molar-refractivity contribution in [1.29, 1.82) is 0 Å². The molecular formula is C18H13F3N2O2S. The van der Waals surface area contributed by atoms with Crippen LogP contribution in [0.1, 0.15) is 16.5 Å². The number of imide groups is 1. The summed E-state index contributed by atoms with van der Waals surface area (Å²) in [7, 11) is 0. The van der Waals surface area contributed by atoms with Crippen LogP contribution in [0.2, 0.25) is 0 Å². The lowest BCUT2D eigenvalue weighted by molar-refractivity contribution is -0.137. The maximum Gasteiger partial charge on any atom is 0.416 e. The van der Waals surface area contributed by atoms with Gasteiger partial charge in [-0.05, 0) is 29.8 Å². The van der Waals surface area contributed by atoms with E-state index in [1.54, 1.807) is 30.3 Å². The van der Waals surface area contributed by atoms with Gasteiger partial charge in [-0.2, -0.15) is 13.2 Å². The molecular weight excluding hydrogens is 365 g/mol. The predicted molar refractivity (Wildman–Crippen MR) is 91.6 cm³/mol. The minimum Gasteiger partial charge on any atom is -0.295 e. The summed E-state index contributed by atoms with van der Waals surface area (Å²) in [6.45, 7) is 0. The number of alkyl halides is 3. The van der Waals surface area contributed by atoms with Crippen LogP contribution >= 0.6 is 11.8 Å². The third-order valence-electron chi connectivity index (χ3n) is 4.46. The van der Waals surface area contributed by atoms with Crippen molar-refractivity contribution in [2.24, 2.45) is 0 Å². The van der Waals surface area contributed by atoms with E-state index >= 15 is 0 Å². The summed E-state index contributed by atoms with van der Waals surface area (Å²) >= 11 is 1.38. The molecule has 0 aromatic heterocycles. The Kier molecular flexibility index (Phi) is 3.95. The number of rotatable bonds is 2. The van der Waals surface area contributed by atoms with Crippen LogP contribution in [0, 0.1) is 0 Å². The maximum atomic E-state index is 12.8. The topological polar surface area (TPSA) is 40.6 Å². The van der Waals surface area contributed by atoms with Crippen molar-refractivity contribution in [3.05, 3.63) is 65.7 Å². The number of hydrogen-bond donors (Lipinski definition) is 0. The molecule has 26 heavy (non-hydrogen) atoms. The van der Waals surface area contributed by atoms with Crippen LogP contribution in [0.3, 0.4) is 0 Å². The van der Waals surface area contributed by atoms with Crippen LogP contribution in [0.5, 0.6) is 0 Å².